The number of nitrogens with one attached hydrogen (secondary N) is 1. The van der Waals surface area contributed by atoms with Gasteiger partial charge in [0.2, 0.25) is 5.88 Å². The van der Waals surface area contributed by atoms with Gasteiger partial charge in [-0.05, 0) is 38.7 Å². The molecule has 8 nitrogen and oxygen atoms in total. The maximum Gasteiger partial charge on any atom is 0.294 e. The van der Waals surface area contributed by atoms with E-state index in [2.05, 4.69) is 15.3 Å². The molecule has 1 atom stereocenters. The van der Waals surface area contributed by atoms with Gasteiger partial charge in [-0.15, -0.1) is 0 Å². The number of hydrogen-bond acceptors (Lipinski definition) is 7. The highest BCUT2D eigenvalue weighted by Crippen LogP contribution is 2.39. The zero-order valence-corrected chi connectivity index (χ0v) is 15.9. The van der Waals surface area contributed by atoms with Crippen molar-refractivity contribution >= 4 is 11.5 Å². The van der Waals surface area contributed by atoms with Crippen LogP contribution in [0.4, 0.5) is 11.5 Å². The Morgan fingerprint density at radius 1 is 1.37 bits per heavy atom. The predicted octanol–water partition coefficient (Wildman–Crippen LogP) is 2.48. The van der Waals surface area contributed by atoms with Gasteiger partial charge in [0.1, 0.15) is 6.07 Å². The van der Waals surface area contributed by atoms with Gasteiger partial charge in [-0.3, -0.25) is 4.79 Å². The first-order valence-electron chi connectivity index (χ1n) is 8.80. The van der Waals surface area contributed by atoms with Crippen LogP contribution in [0.5, 0.6) is 5.88 Å². The number of rotatable bonds is 7. The molecule has 1 aliphatic carbocycles. The van der Waals surface area contributed by atoms with E-state index >= 15 is 0 Å². The third kappa shape index (κ3) is 3.93. The van der Waals surface area contributed by atoms with Gasteiger partial charge in [0.05, 0.1) is 31.1 Å². The van der Waals surface area contributed by atoms with Crippen LogP contribution in [-0.4, -0.2) is 35.4 Å². The van der Waals surface area contributed by atoms with Crippen molar-refractivity contribution in [2.45, 2.75) is 32.7 Å². The number of aromatic nitrogens is 3. The number of ether oxygens (including phenoxy) is 2. The molecule has 1 unspecified atom stereocenters. The maximum absolute atomic E-state index is 13.0. The minimum atomic E-state index is -0.282. The largest absolute Gasteiger partial charge is 0.481 e. The first-order valence-corrected chi connectivity index (χ1v) is 8.80. The monoisotopic (exact) mass is 369 g/mol. The lowest BCUT2D eigenvalue weighted by Gasteiger charge is -2.20. The van der Waals surface area contributed by atoms with Gasteiger partial charge in [0.15, 0.2) is 11.5 Å². The van der Waals surface area contributed by atoms with Gasteiger partial charge in [-0.1, -0.05) is 0 Å². The summed E-state index contributed by atoms with van der Waals surface area (Å²) in [6.45, 7) is 4.10. The average Bonchev–Trinajstić information content (AvgIpc) is 3.49. The fourth-order valence-electron chi connectivity index (χ4n) is 3.13. The van der Waals surface area contributed by atoms with Crippen LogP contribution in [0.3, 0.4) is 0 Å². The molecule has 2 heterocycles. The molecular weight excluding hydrogens is 346 g/mol. The summed E-state index contributed by atoms with van der Waals surface area (Å²) in [7, 11) is 3.17. The first kappa shape index (κ1) is 18.9. The van der Waals surface area contributed by atoms with Crippen molar-refractivity contribution in [3.05, 3.63) is 39.6 Å². The van der Waals surface area contributed by atoms with Crippen LogP contribution in [0, 0.1) is 31.1 Å². The number of anilines is 2. The van der Waals surface area contributed by atoms with Crippen molar-refractivity contribution < 1.29 is 9.47 Å². The second-order valence-electron chi connectivity index (χ2n) is 6.73. The SMILES string of the molecule is COCC(C1CC1)n1cc(C#N)nc(Nc2cc(C)c(OC)nc2C)c1=O. The molecule has 0 aromatic carbocycles. The first-order chi connectivity index (χ1) is 13.0. The molecule has 8 heteroatoms. The molecule has 0 amide bonds. The molecule has 1 saturated carbocycles. The van der Waals surface area contributed by atoms with Gasteiger partial charge in [-0.2, -0.15) is 5.26 Å². The van der Waals surface area contributed by atoms with Crippen molar-refractivity contribution in [1.29, 1.82) is 5.26 Å². The Morgan fingerprint density at radius 2 is 2.11 bits per heavy atom. The lowest BCUT2D eigenvalue weighted by Crippen LogP contribution is -2.31. The van der Waals surface area contributed by atoms with E-state index in [1.807, 2.05) is 26.0 Å². The maximum atomic E-state index is 13.0. The summed E-state index contributed by atoms with van der Waals surface area (Å²) < 4.78 is 12.1. The van der Waals surface area contributed by atoms with Crippen molar-refractivity contribution in [1.82, 2.24) is 14.5 Å². The fraction of sp³-hybridized carbons (Fsp3) is 0.474. The molecule has 0 spiro atoms. The average molecular weight is 369 g/mol. The topological polar surface area (TPSA) is 102 Å². The molecular formula is C19H23N5O3. The summed E-state index contributed by atoms with van der Waals surface area (Å²) in [5.74, 6) is 1.02. The van der Waals surface area contributed by atoms with Crippen LogP contribution >= 0.6 is 0 Å². The van der Waals surface area contributed by atoms with Gasteiger partial charge >= 0.3 is 0 Å². The molecule has 0 aliphatic heterocycles. The van der Waals surface area contributed by atoms with Crippen molar-refractivity contribution in [2.75, 3.05) is 26.1 Å². The Balaban J connectivity index is 2.03. The van der Waals surface area contributed by atoms with E-state index in [0.717, 1.165) is 18.4 Å². The van der Waals surface area contributed by atoms with Gasteiger partial charge < -0.3 is 19.4 Å². The quantitative estimate of drug-likeness (QED) is 0.800. The summed E-state index contributed by atoms with van der Waals surface area (Å²) in [6.07, 6.45) is 3.61. The van der Waals surface area contributed by atoms with Crippen LogP contribution in [-0.2, 0) is 4.74 Å². The number of aryl methyl sites for hydroxylation is 2. The highest BCUT2D eigenvalue weighted by molar-refractivity contribution is 5.60. The molecule has 27 heavy (non-hydrogen) atoms. The summed E-state index contributed by atoms with van der Waals surface area (Å²) >= 11 is 0. The van der Waals surface area contributed by atoms with Crippen LogP contribution in [0.1, 0.15) is 35.8 Å². The lowest BCUT2D eigenvalue weighted by molar-refractivity contribution is 0.143. The minimum absolute atomic E-state index is 0.102. The Kier molecular flexibility index (Phi) is 5.42. The number of hydrogen-bond donors (Lipinski definition) is 1. The number of nitriles is 1. The third-order valence-electron chi connectivity index (χ3n) is 4.71. The second-order valence-corrected chi connectivity index (χ2v) is 6.73. The summed E-state index contributed by atoms with van der Waals surface area (Å²) in [5.41, 5.74) is 2.04. The van der Waals surface area contributed by atoms with E-state index < -0.39 is 0 Å². The van der Waals surface area contributed by atoms with E-state index in [1.54, 1.807) is 18.8 Å². The van der Waals surface area contributed by atoms with Gasteiger partial charge in [0, 0.05) is 18.9 Å². The van der Waals surface area contributed by atoms with E-state index in [9.17, 15) is 10.1 Å². The molecule has 0 saturated heterocycles. The summed E-state index contributed by atoms with van der Waals surface area (Å²) in [6, 6.07) is 3.78. The van der Waals surface area contributed by atoms with E-state index in [4.69, 9.17) is 9.47 Å². The van der Waals surface area contributed by atoms with Crippen molar-refractivity contribution in [2.24, 2.45) is 5.92 Å². The van der Waals surface area contributed by atoms with Crippen LogP contribution in [0.15, 0.2) is 17.1 Å². The van der Waals surface area contributed by atoms with E-state index in [-0.39, 0.29) is 23.1 Å². The smallest absolute Gasteiger partial charge is 0.294 e. The minimum Gasteiger partial charge on any atom is -0.481 e. The van der Waals surface area contributed by atoms with Crippen molar-refractivity contribution in [3.8, 4) is 11.9 Å². The van der Waals surface area contributed by atoms with Crippen LogP contribution in [0.25, 0.3) is 0 Å². The fourth-order valence-corrected chi connectivity index (χ4v) is 3.13. The molecule has 3 rings (SSSR count). The van der Waals surface area contributed by atoms with E-state index in [1.165, 1.54) is 6.20 Å². The van der Waals surface area contributed by atoms with Crippen LogP contribution in [0.2, 0.25) is 0 Å². The van der Waals surface area contributed by atoms with Gasteiger partial charge in [-0.25, -0.2) is 9.97 Å². The molecule has 2 aromatic rings. The molecule has 142 valence electrons. The number of nitrogens with zero attached hydrogens (tertiary/aromatic N) is 4. The summed E-state index contributed by atoms with van der Waals surface area (Å²) in [4.78, 5) is 21.6. The normalized spacial score (nSPS) is 14.5. The zero-order valence-electron chi connectivity index (χ0n) is 15.9. The Labute approximate surface area is 157 Å². The molecule has 1 aliphatic rings. The second kappa shape index (κ2) is 7.76. The number of pyridine rings is 1. The number of methoxy groups -OCH3 is 2. The highest BCUT2D eigenvalue weighted by atomic mass is 16.5. The van der Waals surface area contributed by atoms with Crippen LogP contribution < -0.4 is 15.6 Å². The Morgan fingerprint density at radius 3 is 2.70 bits per heavy atom. The van der Waals surface area contributed by atoms with Gasteiger partial charge in [0.25, 0.3) is 5.56 Å². The standard InChI is InChI=1S/C19H23N5O3/c1-11-7-15(12(2)21-18(11)27-4)23-17-19(25)24(9-14(8-20)22-17)16(10-26-3)13-5-6-13/h7,9,13,16H,5-6,10H2,1-4H3,(H,22,23). The van der Waals surface area contributed by atoms with E-state index in [0.29, 0.717) is 29.8 Å². The molecule has 1 fully saturated rings. The Hall–Kier alpha value is -2.92. The zero-order chi connectivity index (χ0) is 19.6. The molecule has 1 N–H and O–H groups in total. The molecule has 2 aromatic heterocycles. The third-order valence-corrected chi connectivity index (χ3v) is 4.71. The summed E-state index contributed by atoms with van der Waals surface area (Å²) in [5, 5.41) is 12.4. The van der Waals surface area contributed by atoms with Crippen molar-refractivity contribution in [3.63, 3.8) is 0 Å². The molecule has 0 radical (unpaired) electrons. The highest BCUT2D eigenvalue weighted by Gasteiger charge is 2.33. The predicted molar refractivity (Wildman–Crippen MR) is 100 cm³/mol. The molecule has 0 bridgehead atoms. The lowest BCUT2D eigenvalue weighted by atomic mass is 10.2. The Bertz CT molecular complexity index is 944.